The van der Waals surface area contributed by atoms with Crippen LogP contribution in [0.2, 0.25) is 0 Å². The van der Waals surface area contributed by atoms with Gasteiger partial charge in [0.15, 0.2) is 9.84 Å². The van der Waals surface area contributed by atoms with Gasteiger partial charge in [-0.05, 0) is 62.3 Å². The minimum Gasteiger partial charge on any atom is -0.474 e. The number of cyclic esters (lactones) is 1. The zero-order valence-electron chi connectivity index (χ0n) is 22.5. The first kappa shape index (κ1) is 25.9. The number of nitrogens with zero attached hydrogens (tertiary/aromatic N) is 3. The molecule has 206 valence electrons. The van der Waals surface area contributed by atoms with E-state index in [2.05, 4.69) is 15.3 Å². The van der Waals surface area contributed by atoms with E-state index in [1.165, 1.54) is 6.26 Å². The Balaban J connectivity index is 1.34. The number of hydrogen-bond donors (Lipinski definition) is 2. The molecular formula is C28H33N5O5S. The number of anilines is 2. The van der Waals surface area contributed by atoms with Gasteiger partial charge in [-0.1, -0.05) is 6.92 Å². The van der Waals surface area contributed by atoms with E-state index < -0.39 is 15.4 Å². The van der Waals surface area contributed by atoms with Crippen LogP contribution in [0.25, 0.3) is 10.8 Å². The van der Waals surface area contributed by atoms with E-state index >= 15 is 0 Å². The fourth-order valence-corrected chi connectivity index (χ4v) is 6.68. The van der Waals surface area contributed by atoms with Crippen LogP contribution in [0.15, 0.2) is 30.6 Å². The van der Waals surface area contributed by atoms with E-state index in [1.807, 2.05) is 26.8 Å². The second-order valence-electron chi connectivity index (χ2n) is 11.4. The van der Waals surface area contributed by atoms with Crippen molar-refractivity contribution < 1.29 is 22.7 Å². The van der Waals surface area contributed by atoms with Crippen LogP contribution in [0.3, 0.4) is 0 Å². The summed E-state index contributed by atoms with van der Waals surface area (Å²) < 4.78 is 35.3. The SMILES string of the molecule is CCC(C)(N)c1cnc(O[C@H]2C[C@@H](S(C)(=O)=O)C2)c2cnc(Nc3ccc4c(n3)C3(CC3)[C@H](C)OC4=O)cc12. The molecule has 6 rings (SSSR count). The molecule has 0 amide bonds. The van der Waals surface area contributed by atoms with Gasteiger partial charge in [-0.15, -0.1) is 0 Å². The molecule has 0 bridgehead atoms. The number of fused-ring (bicyclic) bond motifs is 3. The Hall–Kier alpha value is -3.31. The Kier molecular flexibility index (Phi) is 5.89. The average molecular weight is 552 g/mol. The van der Waals surface area contributed by atoms with E-state index in [0.717, 1.165) is 29.5 Å². The molecule has 0 aromatic carbocycles. The molecule has 1 unspecified atom stereocenters. The van der Waals surface area contributed by atoms with Gasteiger partial charge in [0.25, 0.3) is 0 Å². The molecule has 3 aliphatic rings. The van der Waals surface area contributed by atoms with Gasteiger partial charge >= 0.3 is 5.97 Å². The van der Waals surface area contributed by atoms with Crippen molar-refractivity contribution in [2.24, 2.45) is 5.73 Å². The summed E-state index contributed by atoms with van der Waals surface area (Å²) in [6.07, 6.45) is 7.73. The highest BCUT2D eigenvalue weighted by atomic mass is 32.2. The van der Waals surface area contributed by atoms with Gasteiger partial charge in [0, 0.05) is 37.0 Å². The van der Waals surface area contributed by atoms with Crippen LogP contribution < -0.4 is 15.8 Å². The first-order valence-electron chi connectivity index (χ1n) is 13.3. The second-order valence-corrected chi connectivity index (χ2v) is 13.8. The van der Waals surface area contributed by atoms with E-state index in [-0.39, 0.29) is 28.8 Å². The van der Waals surface area contributed by atoms with Crippen LogP contribution in [0.1, 0.15) is 74.5 Å². The summed E-state index contributed by atoms with van der Waals surface area (Å²) in [6, 6.07) is 5.43. The van der Waals surface area contributed by atoms with Crippen LogP contribution in [0.5, 0.6) is 5.88 Å². The standard InChI is InChI=1S/C28H33N5O5S/c1-5-27(3,29)21-14-31-25(38-16-10-17(11-16)39(4,35)36)20-13-30-23(12-19(20)21)32-22-7-6-18-24(33-22)28(8-9-28)15(2)37-26(18)34/h6-7,12-17H,5,8-11,29H2,1-4H3,(H,30,32,33)/t15-,16-,17+,27?/m0/s1. The maximum Gasteiger partial charge on any atom is 0.340 e. The maximum absolute atomic E-state index is 12.4. The smallest absolute Gasteiger partial charge is 0.340 e. The number of sulfone groups is 1. The Morgan fingerprint density at radius 1 is 1.18 bits per heavy atom. The molecule has 1 spiro atoms. The van der Waals surface area contributed by atoms with Gasteiger partial charge in [-0.2, -0.15) is 0 Å². The summed E-state index contributed by atoms with van der Waals surface area (Å²) >= 11 is 0. The van der Waals surface area contributed by atoms with Crippen molar-refractivity contribution in [1.29, 1.82) is 0 Å². The third-order valence-corrected chi connectivity index (χ3v) is 10.3. The lowest BCUT2D eigenvalue weighted by Gasteiger charge is -2.34. The Labute approximate surface area is 227 Å². The number of esters is 1. The van der Waals surface area contributed by atoms with E-state index in [1.54, 1.807) is 24.5 Å². The minimum atomic E-state index is -3.08. The van der Waals surface area contributed by atoms with E-state index in [0.29, 0.717) is 47.7 Å². The molecular weight excluding hydrogens is 518 g/mol. The number of nitrogens with two attached hydrogens (primary N) is 1. The number of pyridine rings is 3. The summed E-state index contributed by atoms with van der Waals surface area (Å²) in [5.74, 6) is 1.23. The minimum absolute atomic E-state index is 0.202. The van der Waals surface area contributed by atoms with Crippen LogP contribution in [-0.2, 0) is 25.5 Å². The first-order chi connectivity index (χ1) is 18.4. The molecule has 2 fully saturated rings. The van der Waals surface area contributed by atoms with Crippen molar-refractivity contribution in [2.75, 3.05) is 11.6 Å². The van der Waals surface area contributed by atoms with Crippen LogP contribution >= 0.6 is 0 Å². The van der Waals surface area contributed by atoms with Gasteiger partial charge in [0.05, 0.1) is 27.3 Å². The summed E-state index contributed by atoms with van der Waals surface area (Å²) in [6.45, 7) is 5.91. The summed E-state index contributed by atoms with van der Waals surface area (Å²) in [5.41, 5.74) is 7.97. The van der Waals surface area contributed by atoms with Crippen molar-refractivity contribution in [3.8, 4) is 5.88 Å². The lowest BCUT2D eigenvalue weighted by Crippen LogP contribution is -2.42. The highest BCUT2D eigenvalue weighted by Gasteiger charge is 2.56. The topological polar surface area (TPSA) is 146 Å². The lowest BCUT2D eigenvalue weighted by atomic mass is 9.88. The maximum atomic E-state index is 12.4. The average Bonchev–Trinajstić information content (AvgIpc) is 3.66. The van der Waals surface area contributed by atoms with Crippen molar-refractivity contribution >= 4 is 38.2 Å². The molecule has 39 heavy (non-hydrogen) atoms. The predicted octanol–water partition coefficient (Wildman–Crippen LogP) is 3.90. The van der Waals surface area contributed by atoms with Gasteiger partial charge in [0.1, 0.15) is 23.8 Å². The molecule has 3 aromatic rings. The predicted molar refractivity (Wildman–Crippen MR) is 147 cm³/mol. The van der Waals surface area contributed by atoms with Gasteiger partial charge in [-0.25, -0.2) is 28.2 Å². The molecule has 4 heterocycles. The third kappa shape index (κ3) is 4.41. The van der Waals surface area contributed by atoms with Gasteiger partial charge in [-0.3, -0.25) is 0 Å². The number of rotatable bonds is 7. The molecule has 0 saturated heterocycles. The highest BCUT2D eigenvalue weighted by Crippen LogP contribution is 2.54. The highest BCUT2D eigenvalue weighted by molar-refractivity contribution is 7.91. The molecule has 11 heteroatoms. The Bertz CT molecular complexity index is 1600. The Morgan fingerprint density at radius 2 is 1.92 bits per heavy atom. The first-order valence-corrected chi connectivity index (χ1v) is 15.3. The van der Waals surface area contributed by atoms with E-state index in [9.17, 15) is 13.2 Å². The fraction of sp³-hybridized carbons (Fsp3) is 0.500. The zero-order chi connectivity index (χ0) is 27.7. The number of carbonyl (C=O) groups excluding carboxylic acids is 1. The molecule has 2 aliphatic carbocycles. The second kappa shape index (κ2) is 8.85. The fourth-order valence-electron chi connectivity index (χ4n) is 5.55. The zero-order valence-corrected chi connectivity index (χ0v) is 23.3. The Morgan fingerprint density at radius 3 is 2.59 bits per heavy atom. The lowest BCUT2D eigenvalue weighted by molar-refractivity contribution is 0.0183. The summed E-state index contributed by atoms with van der Waals surface area (Å²) in [4.78, 5) is 26.4. The molecule has 2 saturated carbocycles. The molecule has 2 atom stereocenters. The number of carbonyl (C=O) groups is 1. The summed E-state index contributed by atoms with van der Waals surface area (Å²) in [7, 11) is -3.08. The van der Waals surface area contributed by atoms with Crippen LogP contribution in [0.4, 0.5) is 11.6 Å². The molecule has 3 N–H and O–H groups in total. The number of aromatic nitrogens is 3. The number of ether oxygens (including phenoxy) is 2. The number of hydrogen-bond acceptors (Lipinski definition) is 10. The van der Waals surface area contributed by atoms with Crippen molar-refractivity contribution in [1.82, 2.24) is 15.0 Å². The van der Waals surface area contributed by atoms with E-state index in [4.69, 9.17) is 20.2 Å². The molecule has 0 radical (unpaired) electrons. The molecule has 10 nitrogen and oxygen atoms in total. The van der Waals surface area contributed by atoms with Crippen molar-refractivity contribution in [3.05, 3.63) is 47.4 Å². The quantitative estimate of drug-likeness (QED) is 0.415. The van der Waals surface area contributed by atoms with Gasteiger partial charge in [0.2, 0.25) is 5.88 Å². The third-order valence-electron chi connectivity index (χ3n) is 8.71. The van der Waals surface area contributed by atoms with Crippen molar-refractivity contribution in [3.63, 3.8) is 0 Å². The van der Waals surface area contributed by atoms with Crippen LogP contribution in [0, 0.1) is 0 Å². The van der Waals surface area contributed by atoms with Crippen molar-refractivity contribution in [2.45, 2.75) is 81.3 Å². The molecule has 3 aromatic heterocycles. The monoisotopic (exact) mass is 551 g/mol. The van der Waals surface area contributed by atoms with Crippen LogP contribution in [-0.4, -0.2) is 53.1 Å². The normalized spacial score (nSPS) is 24.8. The summed E-state index contributed by atoms with van der Waals surface area (Å²) in [5, 5.41) is 4.47. The molecule has 1 aliphatic heterocycles. The van der Waals surface area contributed by atoms with Gasteiger partial charge < -0.3 is 20.5 Å². The number of nitrogens with one attached hydrogen (secondary N) is 1. The largest absolute Gasteiger partial charge is 0.474 e.